The highest BCUT2D eigenvalue weighted by Crippen LogP contribution is 2.28. The molecule has 0 amide bonds. The molecule has 0 aromatic heterocycles. The molecule has 0 aliphatic carbocycles. The third kappa shape index (κ3) is 1.73. The van der Waals surface area contributed by atoms with Gasteiger partial charge in [0.05, 0.1) is 6.10 Å². The van der Waals surface area contributed by atoms with E-state index < -0.39 is 6.10 Å². The molecule has 1 rings (SSSR count). The summed E-state index contributed by atoms with van der Waals surface area (Å²) in [4.78, 5) is 0. The summed E-state index contributed by atoms with van der Waals surface area (Å²) >= 11 is 3.31. The maximum atomic E-state index is 9.28. The minimum absolute atomic E-state index is 0.523. The van der Waals surface area contributed by atoms with Crippen molar-refractivity contribution in [1.29, 1.82) is 0 Å². The fourth-order valence-corrected chi connectivity index (χ4v) is 1.71. The van der Waals surface area contributed by atoms with Crippen molar-refractivity contribution in [3.8, 4) is 0 Å². The Morgan fingerprint density at radius 1 is 1.55 bits per heavy atom. The number of aliphatic hydroxyl groups excluding tert-OH is 1. The predicted octanol–water partition coefficient (Wildman–Crippen LogP) is 2.08. The number of benzene rings is 1. The van der Waals surface area contributed by atoms with Crippen molar-refractivity contribution < 1.29 is 5.11 Å². The Balaban J connectivity index is 3.21. The van der Waals surface area contributed by atoms with Crippen molar-refractivity contribution in [2.24, 2.45) is 0 Å². The summed E-state index contributed by atoms with van der Waals surface area (Å²) in [5.41, 5.74) is 7.01. The second-order valence-electron chi connectivity index (χ2n) is 2.42. The minimum Gasteiger partial charge on any atom is -0.398 e. The number of aliphatic hydroxyl groups is 1. The van der Waals surface area contributed by atoms with Crippen LogP contribution in [0.4, 0.5) is 5.69 Å². The highest BCUT2D eigenvalue weighted by atomic mass is 79.9. The first-order chi connectivity index (χ1) is 5.13. The van der Waals surface area contributed by atoms with E-state index in [1.807, 2.05) is 12.1 Å². The third-order valence-electron chi connectivity index (χ3n) is 1.50. The van der Waals surface area contributed by atoms with Crippen molar-refractivity contribution in [2.75, 3.05) is 5.73 Å². The van der Waals surface area contributed by atoms with Crippen LogP contribution in [-0.4, -0.2) is 5.11 Å². The summed E-state index contributed by atoms with van der Waals surface area (Å²) in [6.45, 7) is 1.69. The first-order valence-electron chi connectivity index (χ1n) is 3.35. The zero-order valence-electron chi connectivity index (χ0n) is 6.21. The first kappa shape index (κ1) is 8.56. The van der Waals surface area contributed by atoms with E-state index in [2.05, 4.69) is 15.9 Å². The summed E-state index contributed by atoms with van der Waals surface area (Å²) in [7, 11) is 0. The van der Waals surface area contributed by atoms with Gasteiger partial charge in [0.15, 0.2) is 0 Å². The molecule has 0 saturated heterocycles. The molecule has 1 aromatic carbocycles. The van der Waals surface area contributed by atoms with Crippen LogP contribution >= 0.6 is 15.9 Å². The quantitative estimate of drug-likeness (QED) is 0.706. The summed E-state index contributed by atoms with van der Waals surface area (Å²) in [5, 5.41) is 9.28. The third-order valence-corrected chi connectivity index (χ3v) is 2.20. The number of hydrogen-bond donors (Lipinski definition) is 2. The second-order valence-corrected chi connectivity index (χ2v) is 3.27. The Kier molecular flexibility index (Phi) is 2.52. The van der Waals surface area contributed by atoms with Gasteiger partial charge in [0.2, 0.25) is 0 Å². The summed E-state index contributed by atoms with van der Waals surface area (Å²) in [6.07, 6.45) is -0.523. The number of rotatable bonds is 1. The van der Waals surface area contributed by atoms with Gasteiger partial charge < -0.3 is 10.8 Å². The molecule has 0 bridgehead atoms. The van der Waals surface area contributed by atoms with Gasteiger partial charge in [0.1, 0.15) is 0 Å². The van der Waals surface area contributed by atoms with Gasteiger partial charge in [-0.25, -0.2) is 0 Å². The molecule has 0 spiro atoms. The van der Waals surface area contributed by atoms with Crippen molar-refractivity contribution in [3.63, 3.8) is 0 Å². The van der Waals surface area contributed by atoms with Gasteiger partial charge in [0.25, 0.3) is 0 Å². The predicted molar refractivity (Wildman–Crippen MR) is 49.2 cm³/mol. The van der Waals surface area contributed by atoms with Crippen LogP contribution in [0, 0.1) is 0 Å². The Morgan fingerprint density at radius 3 is 2.55 bits per heavy atom. The van der Waals surface area contributed by atoms with Crippen molar-refractivity contribution in [2.45, 2.75) is 13.0 Å². The number of halogens is 1. The second kappa shape index (κ2) is 3.24. The van der Waals surface area contributed by atoms with E-state index >= 15 is 0 Å². The smallest absolute Gasteiger partial charge is 0.0792 e. The largest absolute Gasteiger partial charge is 0.398 e. The van der Waals surface area contributed by atoms with Crippen LogP contribution in [0.15, 0.2) is 22.7 Å². The van der Waals surface area contributed by atoms with E-state index in [4.69, 9.17) is 5.73 Å². The molecular weight excluding hydrogens is 206 g/mol. The monoisotopic (exact) mass is 215 g/mol. The van der Waals surface area contributed by atoms with Crippen LogP contribution in [-0.2, 0) is 0 Å². The van der Waals surface area contributed by atoms with Gasteiger partial charge in [-0.05, 0) is 19.1 Å². The van der Waals surface area contributed by atoms with Crippen LogP contribution in [0.1, 0.15) is 18.6 Å². The highest BCUT2D eigenvalue weighted by Gasteiger charge is 2.08. The van der Waals surface area contributed by atoms with Gasteiger partial charge in [-0.15, -0.1) is 0 Å². The van der Waals surface area contributed by atoms with E-state index in [1.54, 1.807) is 13.0 Å². The van der Waals surface area contributed by atoms with Crippen LogP contribution in [0.25, 0.3) is 0 Å². The molecule has 1 atom stereocenters. The lowest BCUT2D eigenvalue weighted by molar-refractivity contribution is 0.199. The maximum absolute atomic E-state index is 9.28. The summed E-state index contributed by atoms with van der Waals surface area (Å²) < 4.78 is 0.854. The minimum atomic E-state index is -0.523. The number of hydrogen-bond acceptors (Lipinski definition) is 2. The molecule has 11 heavy (non-hydrogen) atoms. The molecule has 1 aromatic rings. The number of nitrogen functional groups attached to an aromatic ring is 1. The van der Waals surface area contributed by atoms with Crippen LogP contribution < -0.4 is 5.73 Å². The van der Waals surface area contributed by atoms with Gasteiger partial charge in [-0.1, -0.05) is 22.0 Å². The Labute approximate surface area is 74.2 Å². The first-order valence-corrected chi connectivity index (χ1v) is 4.14. The SMILES string of the molecule is CC(O)c1c(N)cccc1Br. The highest BCUT2D eigenvalue weighted by molar-refractivity contribution is 9.10. The molecule has 0 heterocycles. The lowest BCUT2D eigenvalue weighted by Gasteiger charge is -2.09. The fraction of sp³-hybridized carbons (Fsp3) is 0.250. The fourth-order valence-electron chi connectivity index (χ4n) is 0.994. The molecule has 0 fully saturated rings. The lowest BCUT2D eigenvalue weighted by atomic mass is 10.1. The Morgan fingerprint density at radius 2 is 2.18 bits per heavy atom. The van der Waals surface area contributed by atoms with Crippen LogP contribution in [0.3, 0.4) is 0 Å². The van der Waals surface area contributed by atoms with E-state index in [-0.39, 0.29) is 0 Å². The Bertz CT molecular complexity index is 240. The molecule has 60 valence electrons. The van der Waals surface area contributed by atoms with Gasteiger partial charge in [-0.2, -0.15) is 0 Å². The average Bonchev–Trinajstić information content (AvgIpc) is 1.85. The molecule has 3 N–H and O–H groups in total. The number of nitrogens with two attached hydrogens (primary N) is 1. The zero-order valence-corrected chi connectivity index (χ0v) is 7.80. The standard InChI is InChI=1S/C8H10BrNO/c1-5(11)8-6(9)3-2-4-7(8)10/h2-5,11H,10H2,1H3. The molecular formula is C8H10BrNO. The average molecular weight is 216 g/mol. The maximum Gasteiger partial charge on any atom is 0.0792 e. The number of anilines is 1. The van der Waals surface area contributed by atoms with E-state index in [9.17, 15) is 5.11 Å². The molecule has 3 heteroatoms. The van der Waals surface area contributed by atoms with Crippen LogP contribution in [0.2, 0.25) is 0 Å². The lowest BCUT2D eigenvalue weighted by Crippen LogP contribution is -1.98. The molecule has 0 radical (unpaired) electrons. The normalized spacial score (nSPS) is 13.0. The van der Waals surface area contributed by atoms with Gasteiger partial charge >= 0.3 is 0 Å². The molecule has 0 aliphatic heterocycles. The van der Waals surface area contributed by atoms with Gasteiger partial charge in [0, 0.05) is 15.7 Å². The summed E-state index contributed by atoms with van der Waals surface area (Å²) in [5.74, 6) is 0. The van der Waals surface area contributed by atoms with E-state index in [0.29, 0.717) is 5.69 Å². The van der Waals surface area contributed by atoms with Crippen LogP contribution in [0.5, 0.6) is 0 Å². The topological polar surface area (TPSA) is 46.2 Å². The van der Waals surface area contributed by atoms with Gasteiger partial charge in [-0.3, -0.25) is 0 Å². The zero-order chi connectivity index (χ0) is 8.43. The van der Waals surface area contributed by atoms with Crippen molar-refractivity contribution >= 4 is 21.6 Å². The Hall–Kier alpha value is -0.540. The molecule has 1 unspecified atom stereocenters. The van der Waals surface area contributed by atoms with Crippen molar-refractivity contribution in [3.05, 3.63) is 28.2 Å². The molecule has 0 saturated carbocycles. The van der Waals surface area contributed by atoms with E-state index in [1.165, 1.54) is 0 Å². The van der Waals surface area contributed by atoms with Crippen molar-refractivity contribution in [1.82, 2.24) is 0 Å². The van der Waals surface area contributed by atoms with E-state index in [0.717, 1.165) is 10.0 Å². The molecule has 2 nitrogen and oxygen atoms in total. The molecule has 0 aliphatic rings. The summed E-state index contributed by atoms with van der Waals surface area (Å²) in [6, 6.07) is 5.47.